The van der Waals surface area contributed by atoms with E-state index in [9.17, 15) is 5.11 Å². The summed E-state index contributed by atoms with van der Waals surface area (Å²) in [4.78, 5) is 4.33. The normalized spacial score (nSPS) is 24.6. The molecular formula is C13H16ClN3O. The van der Waals surface area contributed by atoms with Gasteiger partial charge in [0.15, 0.2) is 0 Å². The van der Waals surface area contributed by atoms with Crippen molar-refractivity contribution in [3.8, 4) is 0 Å². The summed E-state index contributed by atoms with van der Waals surface area (Å²) < 4.78 is 1.90. The minimum atomic E-state index is -0.366. The Bertz CT molecular complexity index is 581. The van der Waals surface area contributed by atoms with Crippen LogP contribution in [0, 0.1) is 0 Å². The quantitative estimate of drug-likeness (QED) is 0.833. The Kier molecular flexibility index (Phi) is 2.92. The number of aliphatic hydroxyl groups is 1. The molecule has 18 heavy (non-hydrogen) atoms. The summed E-state index contributed by atoms with van der Waals surface area (Å²) in [6.45, 7) is 0. The standard InChI is InChI=1S/C13H16ClN3O/c14-8-4-3-5-9-12(8)17(13(15)16-9)10-6-1-2-7-11(10)18/h3-5,10-11,18H,1-2,6-7H2,(H2,15,16). The molecule has 1 fully saturated rings. The molecule has 0 spiro atoms. The van der Waals surface area contributed by atoms with Gasteiger partial charge in [0.05, 0.1) is 28.2 Å². The molecule has 5 heteroatoms. The largest absolute Gasteiger partial charge is 0.391 e. The summed E-state index contributed by atoms with van der Waals surface area (Å²) in [5.74, 6) is 0.434. The zero-order chi connectivity index (χ0) is 12.7. The fourth-order valence-corrected chi connectivity index (χ4v) is 3.11. The molecule has 1 heterocycles. The molecule has 3 N–H and O–H groups in total. The van der Waals surface area contributed by atoms with E-state index in [-0.39, 0.29) is 12.1 Å². The molecular weight excluding hydrogens is 250 g/mol. The molecule has 1 saturated carbocycles. The van der Waals surface area contributed by atoms with Crippen LogP contribution in [0.15, 0.2) is 18.2 Å². The van der Waals surface area contributed by atoms with Gasteiger partial charge in [0.1, 0.15) is 0 Å². The number of anilines is 1. The van der Waals surface area contributed by atoms with E-state index >= 15 is 0 Å². The van der Waals surface area contributed by atoms with Crippen molar-refractivity contribution < 1.29 is 5.11 Å². The summed E-state index contributed by atoms with van der Waals surface area (Å²) in [7, 11) is 0. The Morgan fingerprint density at radius 3 is 2.89 bits per heavy atom. The van der Waals surface area contributed by atoms with E-state index in [1.165, 1.54) is 0 Å². The van der Waals surface area contributed by atoms with Gasteiger partial charge in [-0.3, -0.25) is 0 Å². The first-order chi connectivity index (χ1) is 8.68. The number of rotatable bonds is 1. The van der Waals surface area contributed by atoms with E-state index in [1.807, 2.05) is 22.8 Å². The van der Waals surface area contributed by atoms with E-state index in [1.54, 1.807) is 0 Å². The maximum absolute atomic E-state index is 10.2. The Morgan fingerprint density at radius 1 is 1.33 bits per heavy atom. The van der Waals surface area contributed by atoms with Crippen molar-refractivity contribution in [3.63, 3.8) is 0 Å². The lowest BCUT2D eigenvalue weighted by atomic mass is 9.92. The Hall–Kier alpha value is -1.26. The van der Waals surface area contributed by atoms with Crippen LogP contribution in [-0.2, 0) is 0 Å². The third-order valence-corrected chi connectivity index (χ3v) is 4.02. The Labute approximate surface area is 110 Å². The van der Waals surface area contributed by atoms with Crippen LogP contribution in [0.5, 0.6) is 0 Å². The van der Waals surface area contributed by atoms with Crippen molar-refractivity contribution >= 4 is 28.6 Å². The zero-order valence-corrected chi connectivity index (χ0v) is 10.8. The van der Waals surface area contributed by atoms with Crippen LogP contribution in [-0.4, -0.2) is 20.8 Å². The monoisotopic (exact) mass is 265 g/mol. The summed E-state index contributed by atoms with van der Waals surface area (Å²) >= 11 is 6.24. The fourth-order valence-electron chi connectivity index (χ4n) is 2.85. The molecule has 2 unspecified atom stereocenters. The molecule has 2 atom stereocenters. The average molecular weight is 266 g/mol. The van der Waals surface area contributed by atoms with Gasteiger partial charge in [-0.15, -0.1) is 0 Å². The number of aliphatic hydroxyl groups excluding tert-OH is 1. The van der Waals surface area contributed by atoms with Crippen LogP contribution in [0.25, 0.3) is 11.0 Å². The highest BCUT2D eigenvalue weighted by Gasteiger charge is 2.28. The van der Waals surface area contributed by atoms with Gasteiger partial charge in [0.25, 0.3) is 0 Å². The second kappa shape index (κ2) is 4.44. The highest BCUT2D eigenvalue weighted by atomic mass is 35.5. The predicted octanol–water partition coefficient (Wildman–Crippen LogP) is 2.75. The van der Waals surface area contributed by atoms with Gasteiger partial charge >= 0.3 is 0 Å². The average Bonchev–Trinajstić information content (AvgIpc) is 2.68. The minimum Gasteiger partial charge on any atom is -0.391 e. The number of nitrogen functional groups attached to an aromatic ring is 1. The molecule has 0 saturated heterocycles. The number of nitrogens with two attached hydrogens (primary N) is 1. The van der Waals surface area contributed by atoms with Crippen LogP contribution >= 0.6 is 11.6 Å². The molecule has 4 nitrogen and oxygen atoms in total. The smallest absolute Gasteiger partial charge is 0.201 e. The highest BCUT2D eigenvalue weighted by Crippen LogP contribution is 2.35. The van der Waals surface area contributed by atoms with Crippen molar-refractivity contribution in [2.45, 2.75) is 37.8 Å². The van der Waals surface area contributed by atoms with Gasteiger partial charge in [0.2, 0.25) is 5.95 Å². The molecule has 0 radical (unpaired) electrons. The Morgan fingerprint density at radius 2 is 2.11 bits per heavy atom. The molecule has 0 amide bonds. The number of nitrogens with zero attached hydrogens (tertiary/aromatic N) is 2. The molecule has 0 bridgehead atoms. The van der Waals surface area contributed by atoms with Gasteiger partial charge in [-0.05, 0) is 25.0 Å². The van der Waals surface area contributed by atoms with Gasteiger partial charge < -0.3 is 15.4 Å². The summed E-state index contributed by atoms with van der Waals surface area (Å²) in [5, 5.41) is 10.8. The number of hydrogen-bond acceptors (Lipinski definition) is 3. The molecule has 2 aromatic rings. The first kappa shape index (κ1) is 11.8. The van der Waals surface area contributed by atoms with Crippen LogP contribution < -0.4 is 5.73 Å². The number of fused-ring (bicyclic) bond motifs is 1. The van der Waals surface area contributed by atoms with Gasteiger partial charge in [-0.25, -0.2) is 4.98 Å². The van der Waals surface area contributed by atoms with Crippen LogP contribution in [0.4, 0.5) is 5.95 Å². The number of benzene rings is 1. The maximum atomic E-state index is 10.2. The van der Waals surface area contributed by atoms with Crippen molar-refractivity contribution in [1.29, 1.82) is 0 Å². The summed E-state index contributed by atoms with van der Waals surface area (Å²) in [5.41, 5.74) is 7.62. The highest BCUT2D eigenvalue weighted by molar-refractivity contribution is 6.35. The first-order valence-corrected chi connectivity index (χ1v) is 6.66. The topological polar surface area (TPSA) is 64.1 Å². The van der Waals surface area contributed by atoms with Gasteiger partial charge in [-0.1, -0.05) is 30.5 Å². The van der Waals surface area contributed by atoms with E-state index < -0.39 is 0 Å². The summed E-state index contributed by atoms with van der Waals surface area (Å²) in [6, 6.07) is 5.57. The molecule has 1 aromatic heterocycles. The van der Waals surface area contributed by atoms with Crippen LogP contribution in [0.2, 0.25) is 5.02 Å². The molecule has 3 rings (SSSR count). The van der Waals surface area contributed by atoms with Gasteiger partial charge in [0, 0.05) is 0 Å². The van der Waals surface area contributed by atoms with E-state index in [2.05, 4.69) is 4.98 Å². The Balaban J connectivity index is 2.18. The lowest BCUT2D eigenvalue weighted by molar-refractivity contribution is 0.0783. The number of imidazole rings is 1. The molecule has 1 aromatic carbocycles. The zero-order valence-electron chi connectivity index (χ0n) is 10.0. The van der Waals surface area contributed by atoms with Crippen molar-refractivity contribution in [3.05, 3.63) is 23.2 Å². The third-order valence-electron chi connectivity index (χ3n) is 3.71. The van der Waals surface area contributed by atoms with Crippen molar-refractivity contribution in [2.24, 2.45) is 0 Å². The molecule has 96 valence electrons. The van der Waals surface area contributed by atoms with Crippen LogP contribution in [0.3, 0.4) is 0 Å². The molecule has 1 aliphatic carbocycles. The predicted molar refractivity (Wildman–Crippen MR) is 72.7 cm³/mol. The molecule has 0 aliphatic heterocycles. The number of halogens is 1. The first-order valence-electron chi connectivity index (χ1n) is 6.28. The number of hydrogen-bond donors (Lipinski definition) is 2. The van der Waals surface area contributed by atoms with Crippen molar-refractivity contribution in [2.75, 3.05) is 5.73 Å². The second-order valence-electron chi connectivity index (χ2n) is 4.87. The van der Waals surface area contributed by atoms with Crippen molar-refractivity contribution in [1.82, 2.24) is 9.55 Å². The van der Waals surface area contributed by atoms with E-state index in [0.717, 1.165) is 36.7 Å². The van der Waals surface area contributed by atoms with E-state index in [4.69, 9.17) is 17.3 Å². The molecule has 1 aliphatic rings. The second-order valence-corrected chi connectivity index (χ2v) is 5.27. The van der Waals surface area contributed by atoms with Gasteiger partial charge in [-0.2, -0.15) is 0 Å². The van der Waals surface area contributed by atoms with E-state index in [0.29, 0.717) is 11.0 Å². The number of para-hydroxylation sites is 1. The fraction of sp³-hybridized carbons (Fsp3) is 0.462. The summed E-state index contributed by atoms with van der Waals surface area (Å²) in [6.07, 6.45) is 3.54. The lowest BCUT2D eigenvalue weighted by Gasteiger charge is -2.29. The third kappa shape index (κ3) is 1.76. The SMILES string of the molecule is Nc1nc2cccc(Cl)c2n1C1CCCCC1O. The lowest BCUT2D eigenvalue weighted by Crippen LogP contribution is -2.28. The minimum absolute atomic E-state index is 0.0105. The number of aromatic nitrogens is 2. The van der Waals surface area contributed by atoms with Crippen LogP contribution in [0.1, 0.15) is 31.7 Å². The maximum Gasteiger partial charge on any atom is 0.201 e.